The van der Waals surface area contributed by atoms with Crippen molar-refractivity contribution in [3.8, 4) is 0 Å². The fraction of sp³-hybridized carbons (Fsp3) is 0.571. The molecule has 0 aliphatic heterocycles. The van der Waals surface area contributed by atoms with Crippen molar-refractivity contribution in [1.82, 2.24) is 4.90 Å². The highest BCUT2D eigenvalue weighted by atomic mass is 79.9. The minimum Gasteiger partial charge on any atom is -0.329 e. The quantitative estimate of drug-likeness (QED) is 0.870. The maximum atomic E-state index is 5.97. The fourth-order valence-corrected chi connectivity index (χ4v) is 2.63. The Hall–Kier alpha value is -0.380. The summed E-state index contributed by atoms with van der Waals surface area (Å²) in [6.45, 7) is 8.43. The van der Waals surface area contributed by atoms with E-state index < -0.39 is 0 Å². The molecule has 0 aliphatic rings. The van der Waals surface area contributed by atoms with Gasteiger partial charge < -0.3 is 5.73 Å². The summed E-state index contributed by atoms with van der Waals surface area (Å²) in [5, 5.41) is 0. The van der Waals surface area contributed by atoms with Gasteiger partial charge in [-0.2, -0.15) is 0 Å². The third-order valence-corrected chi connectivity index (χ3v) is 3.50. The molecule has 0 saturated carbocycles. The summed E-state index contributed by atoms with van der Waals surface area (Å²) >= 11 is 3.53. The smallest absolute Gasteiger partial charge is 0.0473 e. The zero-order valence-electron chi connectivity index (χ0n) is 11.0. The van der Waals surface area contributed by atoms with Crippen LogP contribution in [0.2, 0.25) is 0 Å². The minimum atomic E-state index is 0.312. The molecule has 0 heterocycles. The zero-order chi connectivity index (χ0) is 12.8. The molecule has 1 rings (SSSR count). The zero-order valence-corrected chi connectivity index (χ0v) is 12.6. The molecule has 0 spiro atoms. The lowest BCUT2D eigenvalue weighted by atomic mass is 10.0. The van der Waals surface area contributed by atoms with E-state index in [4.69, 9.17) is 5.73 Å². The van der Waals surface area contributed by atoms with E-state index in [1.807, 2.05) is 0 Å². The predicted molar refractivity (Wildman–Crippen MR) is 78.1 cm³/mol. The number of rotatable bonds is 6. The van der Waals surface area contributed by atoms with Crippen LogP contribution >= 0.6 is 15.9 Å². The largest absolute Gasteiger partial charge is 0.329 e. The van der Waals surface area contributed by atoms with Gasteiger partial charge in [0, 0.05) is 23.1 Å². The average Bonchev–Trinajstić information content (AvgIpc) is 2.29. The molecule has 0 saturated heterocycles. The van der Waals surface area contributed by atoms with E-state index in [1.165, 1.54) is 5.56 Å². The van der Waals surface area contributed by atoms with Crippen LogP contribution in [0.3, 0.4) is 0 Å². The van der Waals surface area contributed by atoms with Gasteiger partial charge in [0.25, 0.3) is 0 Å². The molecule has 0 radical (unpaired) electrons. The van der Waals surface area contributed by atoms with Gasteiger partial charge in [0.2, 0.25) is 0 Å². The molecule has 0 fully saturated rings. The second-order valence-corrected chi connectivity index (χ2v) is 5.55. The first kappa shape index (κ1) is 14.7. The van der Waals surface area contributed by atoms with Gasteiger partial charge >= 0.3 is 0 Å². The van der Waals surface area contributed by atoms with Crippen molar-refractivity contribution in [3.63, 3.8) is 0 Å². The second-order valence-electron chi connectivity index (χ2n) is 4.64. The van der Waals surface area contributed by atoms with Crippen LogP contribution in [0.15, 0.2) is 28.7 Å². The molecule has 0 aliphatic carbocycles. The summed E-state index contributed by atoms with van der Waals surface area (Å²) in [6.07, 6.45) is 1.16. The topological polar surface area (TPSA) is 29.3 Å². The van der Waals surface area contributed by atoms with E-state index in [2.05, 4.69) is 65.9 Å². The van der Waals surface area contributed by atoms with Crippen LogP contribution in [0, 0.1) is 0 Å². The van der Waals surface area contributed by atoms with Crippen molar-refractivity contribution in [2.75, 3.05) is 13.1 Å². The van der Waals surface area contributed by atoms with Crippen LogP contribution in [0.1, 0.15) is 38.8 Å². The maximum Gasteiger partial charge on any atom is 0.0473 e. The van der Waals surface area contributed by atoms with Crippen molar-refractivity contribution in [2.24, 2.45) is 5.73 Å². The summed E-state index contributed by atoms with van der Waals surface area (Å²) in [5.41, 5.74) is 7.26. The average molecular weight is 299 g/mol. The van der Waals surface area contributed by atoms with Gasteiger partial charge in [-0.05, 0) is 44.5 Å². The van der Waals surface area contributed by atoms with E-state index in [1.54, 1.807) is 0 Å². The molecule has 1 aromatic carbocycles. The van der Waals surface area contributed by atoms with Gasteiger partial charge in [0.15, 0.2) is 0 Å². The number of nitrogens with zero attached hydrogens (tertiary/aromatic N) is 1. The van der Waals surface area contributed by atoms with Crippen molar-refractivity contribution in [1.29, 1.82) is 0 Å². The fourth-order valence-electron chi connectivity index (χ4n) is 2.21. The molecule has 3 heteroatoms. The highest BCUT2D eigenvalue weighted by Gasteiger charge is 2.20. The third-order valence-electron chi connectivity index (χ3n) is 3.00. The second kappa shape index (κ2) is 7.14. The van der Waals surface area contributed by atoms with Gasteiger partial charge in [-0.15, -0.1) is 0 Å². The summed E-state index contributed by atoms with van der Waals surface area (Å²) in [7, 11) is 0. The number of hydrogen-bond donors (Lipinski definition) is 1. The standard InChI is InChI=1S/C14H23BrN2/c1-4-8-17(11(2)3)14(10-16)12-6-5-7-13(15)9-12/h5-7,9,11,14H,4,8,10,16H2,1-3H3. The van der Waals surface area contributed by atoms with Crippen LogP contribution in [-0.4, -0.2) is 24.0 Å². The first-order chi connectivity index (χ1) is 8.10. The first-order valence-electron chi connectivity index (χ1n) is 6.31. The van der Waals surface area contributed by atoms with Crippen molar-refractivity contribution in [3.05, 3.63) is 34.3 Å². The Morgan fingerprint density at radius 1 is 1.35 bits per heavy atom. The molecular weight excluding hydrogens is 276 g/mol. The Labute approximate surface area is 113 Å². The van der Waals surface area contributed by atoms with E-state index >= 15 is 0 Å². The molecule has 1 atom stereocenters. The Morgan fingerprint density at radius 2 is 2.06 bits per heavy atom. The molecule has 1 aromatic rings. The monoisotopic (exact) mass is 298 g/mol. The predicted octanol–water partition coefficient (Wildman–Crippen LogP) is 3.57. The number of halogens is 1. The lowest BCUT2D eigenvalue weighted by molar-refractivity contribution is 0.157. The normalized spacial score (nSPS) is 13.4. The molecule has 0 amide bonds. The number of hydrogen-bond acceptors (Lipinski definition) is 2. The molecule has 2 nitrogen and oxygen atoms in total. The van der Waals surface area contributed by atoms with Crippen molar-refractivity contribution < 1.29 is 0 Å². The van der Waals surface area contributed by atoms with Crippen molar-refractivity contribution in [2.45, 2.75) is 39.3 Å². The molecule has 0 aromatic heterocycles. The van der Waals surface area contributed by atoms with E-state index in [-0.39, 0.29) is 0 Å². The van der Waals surface area contributed by atoms with Crippen LogP contribution in [0.5, 0.6) is 0 Å². The van der Waals surface area contributed by atoms with Crippen LogP contribution in [-0.2, 0) is 0 Å². The molecule has 17 heavy (non-hydrogen) atoms. The van der Waals surface area contributed by atoms with Gasteiger partial charge in [-0.1, -0.05) is 35.0 Å². The molecule has 0 bridgehead atoms. The summed E-state index contributed by atoms with van der Waals surface area (Å²) in [4.78, 5) is 2.47. The lowest BCUT2D eigenvalue weighted by Crippen LogP contribution is -2.39. The van der Waals surface area contributed by atoms with Gasteiger partial charge in [0.05, 0.1) is 0 Å². The van der Waals surface area contributed by atoms with Gasteiger partial charge in [-0.3, -0.25) is 4.90 Å². The Bertz CT molecular complexity index is 339. The summed E-state index contributed by atoms with van der Waals surface area (Å²) in [5.74, 6) is 0. The highest BCUT2D eigenvalue weighted by molar-refractivity contribution is 9.10. The number of nitrogens with two attached hydrogens (primary N) is 1. The maximum absolute atomic E-state index is 5.97. The molecule has 2 N–H and O–H groups in total. The number of benzene rings is 1. The Balaban J connectivity index is 2.95. The third kappa shape index (κ3) is 4.09. The van der Waals surface area contributed by atoms with Crippen LogP contribution in [0.25, 0.3) is 0 Å². The lowest BCUT2D eigenvalue weighted by Gasteiger charge is -2.34. The Morgan fingerprint density at radius 3 is 2.53 bits per heavy atom. The Kier molecular flexibility index (Phi) is 6.17. The van der Waals surface area contributed by atoms with E-state index in [9.17, 15) is 0 Å². The molecule has 1 unspecified atom stereocenters. The molecule has 96 valence electrons. The SMILES string of the molecule is CCCN(C(C)C)C(CN)c1cccc(Br)c1. The van der Waals surface area contributed by atoms with Gasteiger partial charge in [-0.25, -0.2) is 0 Å². The van der Waals surface area contributed by atoms with E-state index in [0.29, 0.717) is 18.6 Å². The van der Waals surface area contributed by atoms with Crippen molar-refractivity contribution >= 4 is 15.9 Å². The van der Waals surface area contributed by atoms with Crippen LogP contribution < -0.4 is 5.73 Å². The molecular formula is C14H23BrN2. The summed E-state index contributed by atoms with van der Waals surface area (Å²) < 4.78 is 1.12. The minimum absolute atomic E-state index is 0.312. The highest BCUT2D eigenvalue weighted by Crippen LogP contribution is 2.24. The summed E-state index contributed by atoms with van der Waals surface area (Å²) in [6, 6.07) is 9.29. The van der Waals surface area contributed by atoms with Crippen LogP contribution in [0.4, 0.5) is 0 Å². The van der Waals surface area contributed by atoms with Gasteiger partial charge in [0.1, 0.15) is 0 Å². The first-order valence-corrected chi connectivity index (χ1v) is 7.10. The van der Waals surface area contributed by atoms with E-state index in [0.717, 1.165) is 17.4 Å².